The van der Waals surface area contributed by atoms with Crippen molar-refractivity contribution in [3.05, 3.63) is 90.7 Å². The molecular formula is C24H22Cl2N2O8. The fraction of sp³-hybridized carbons (Fsp3) is 0.250. The average molecular weight is 537 g/mol. The van der Waals surface area contributed by atoms with Gasteiger partial charge in [-0.1, -0.05) is 35.3 Å². The first-order chi connectivity index (χ1) is 16.9. The smallest absolute Gasteiger partial charge is 0.334 e. The second kappa shape index (κ2) is 11.0. The number of β-amino-alcohol motifs (C(OH)–C–C–N with tert-alkyl or cyclic N) is 1. The lowest BCUT2D eigenvalue weighted by molar-refractivity contribution is -0.384. The highest BCUT2D eigenvalue weighted by molar-refractivity contribution is 6.35. The Kier molecular flexibility index (Phi) is 8.24. The van der Waals surface area contributed by atoms with Crippen molar-refractivity contribution in [3.8, 4) is 5.75 Å². The van der Waals surface area contributed by atoms with Crippen LogP contribution < -0.4 is 4.74 Å². The van der Waals surface area contributed by atoms with Crippen molar-refractivity contribution in [1.82, 2.24) is 4.90 Å². The van der Waals surface area contributed by atoms with Gasteiger partial charge in [-0.25, -0.2) is 9.59 Å². The molecule has 3 N–H and O–H groups in total. The van der Waals surface area contributed by atoms with E-state index in [1.807, 2.05) is 0 Å². The molecule has 1 aliphatic heterocycles. The number of ether oxygens (including phenoxy) is 1. The van der Waals surface area contributed by atoms with E-state index in [-0.39, 0.29) is 57.7 Å². The SMILES string of the molecule is CC1=C(C(=O)O)C(c2cccc([N+](=O)[O-])c2)C(C(=O)O)=C(C)N1CC(O)COc1ccc(Cl)cc1Cl. The Morgan fingerprint density at radius 3 is 2.22 bits per heavy atom. The molecule has 10 nitrogen and oxygen atoms in total. The number of hydrogen-bond donors (Lipinski definition) is 3. The van der Waals surface area contributed by atoms with Gasteiger partial charge < -0.3 is 25.0 Å². The maximum Gasteiger partial charge on any atom is 0.334 e. The predicted octanol–water partition coefficient (Wildman–Crippen LogP) is 4.46. The van der Waals surface area contributed by atoms with Gasteiger partial charge >= 0.3 is 11.9 Å². The minimum Gasteiger partial charge on any atom is -0.489 e. The number of allylic oxidation sites excluding steroid dienone is 2. The summed E-state index contributed by atoms with van der Waals surface area (Å²) < 4.78 is 5.54. The highest BCUT2D eigenvalue weighted by Gasteiger charge is 2.40. The lowest BCUT2D eigenvalue weighted by atomic mass is 9.79. The predicted molar refractivity (Wildman–Crippen MR) is 131 cm³/mol. The highest BCUT2D eigenvalue weighted by atomic mass is 35.5. The van der Waals surface area contributed by atoms with Crippen molar-refractivity contribution in [2.75, 3.05) is 13.2 Å². The molecule has 0 fully saturated rings. The minimum atomic E-state index is -1.39. The third kappa shape index (κ3) is 5.62. The molecule has 0 aromatic heterocycles. The van der Waals surface area contributed by atoms with E-state index in [0.29, 0.717) is 5.02 Å². The summed E-state index contributed by atoms with van der Waals surface area (Å²) in [5.41, 5.74) is -0.318. The number of nitrogens with zero attached hydrogens (tertiary/aromatic N) is 2. The first-order valence-corrected chi connectivity index (χ1v) is 11.3. The van der Waals surface area contributed by atoms with Gasteiger partial charge in [0.05, 0.1) is 33.6 Å². The maximum absolute atomic E-state index is 12.3. The van der Waals surface area contributed by atoms with Crippen molar-refractivity contribution < 1.29 is 34.6 Å². The molecule has 0 radical (unpaired) electrons. The number of nitro benzene ring substituents is 1. The number of aliphatic hydroxyl groups is 1. The first kappa shape index (κ1) is 27.0. The van der Waals surface area contributed by atoms with E-state index >= 15 is 0 Å². The number of carbonyl (C=O) groups is 2. The van der Waals surface area contributed by atoms with Gasteiger partial charge in [-0.2, -0.15) is 0 Å². The Balaban J connectivity index is 1.97. The Bertz CT molecular complexity index is 1250. The fourth-order valence-electron chi connectivity index (χ4n) is 4.13. The Morgan fingerprint density at radius 2 is 1.69 bits per heavy atom. The van der Waals surface area contributed by atoms with Gasteiger partial charge in [0.25, 0.3) is 5.69 Å². The number of carboxylic acids is 2. The molecule has 1 aliphatic rings. The van der Waals surface area contributed by atoms with Crippen molar-refractivity contribution in [2.45, 2.75) is 25.9 Å². The van der Waals surface area contributed by atoms with Crippen LogP contribution in [-0.2, 0) is 9.59 Å². The van der Waals surface area contributed by atoms with E-state index < -0.39 is 28.9 Å². The summed E-state index contributed by atoms with van der Waals surface area (Å²) in [6.07, 6.45) is -1.17. The van der Waals surface area contributed by atoms with E-state index in [2.05, 4.69) is 0 Å². The summed E-state index contributed by atoms with van der Waals surface area (Å²) in [5.74, 6) is -3.77. The van der Waals surface area contributed by atoms with Gasteiger partial charge in [-0.3, -0.25) is 10.1 Å². The summed E-state index contributed by atoms with van der Waals surface area (Å²) in [4.78, 5) is 36.6. The number of rotatable bonds is 9. The molecule has 1 atom stereocenters. The Hall–Kier alpha value is -3.60. The van der Waals surface area contributed by atoms with Crippen molar-refractivity contribution >= 4 is 40.8 Å². The minimum absolute atomic E-state index is 0.151. The standard InChI is InChI=1S/C24H22Cl2N2O8/c1-12-20(23(30)31)22(14-4-3-5-16(8-14)28(34)35)21(24(32)33)13(2)27(12)10-17(29)11-36-19-7-6-15(25)9-18(19)26/h3-9,17,22,29H,10-11H2,1-2H3,(H,30,31)(H,32,33). The Morgan fingerprint density at radius 1 is 1.08 bits per heavy atom. The zero-order chi connectivity index (χ0) is 26.7. The third-order valence-corrected chi connectivity index (χ3v) is 6.29. The number of benzene rings is 2. The van der Waals surface area contributed by atoms with Crippen LogP contribution >= 0.6 is 23.2 Å². The zero-order valence-electron chi connectivity index (χ0n) is 19.1. The van der Waals surface area contributed by atoms with Crippen LogP contribution in [-0.4, -0.2) is 56.3 Å². The monoisotopic (exact) mass is 536 g/mol. The molecule has 0 bridgehead atoms. The molecule has 12 heteroatoms. The van der Waals surface area contributed by atoms with Gasteiger partial charge in [0, 0.05) is 28.5 Å². The van der Waals surface area contributed by atoms with Gasteiger partial charge in [0.15, 0.2) is 0 Å². The molecule has 1 unspecified atom stereocenters. The summed E-state index contributed by atoms with van der Waals surface area (Å²) in [6.45, 7) is 2.56. The van der Waals surface area contributed by atoms with Crippen LogP contribution in [0.25, 0.3) is 0 Å². The average Bonchev–Trinajstić information content (AvgIpc) is 2.80. The van der Waals surface area contributed by atoms with E-state index in [4.69, 9.17) is 27.9 Å². The lowest BCUT2D eigenvalue weighted by Gasteiger charge is -2.38. The normalized spacial score (nSPS) is 15.2. The summed E-state index contributed by atoms with van der Waals surface area (Å²) >= 11 is 11.9. The van der Waals surface area contributed by atoms with Crippen molar-refractivity contribution in [1.29, 1.82) is 0 Å². The quantitative estimate of drug-likeness (QED) is 0.311. The number of aliphatic carboxylic acids is 2. The van der Waals surface area contributed by atoms with Crippen LogP contribution in [0.2, 0.25) is 10.0 Å². The second-order valence-electron chi connectivity index (χ2n) is 8.04. The molecule has 36 heavy (non-hydrogen) atoms. The second-order valence-corrected chi connectivity index (χ2v) is 8.89. The largest absolute Gasteiger partial charge is 0.489 e. The number of halogens is 2. The first-order valence-electron chi connectivity index (χ1n) is 10.6. The molecule has 0 spiro atoms. The van der Waals surface area contributed by atoms with Gasteiger partial charge in [0.2, 0.25) is 0 Å². The molecule has 0 saturated heterocycles. The molecule has 190 valence electrons. The Labute approximate surface area is 215 Å². The van der Waals surface area contributed by atoms with Crippen LogP contribution in [0.1, 0.15) is 25.3 Å². The van der Waals surface area contributed by atoms with Crippen LogP contribution in [0.4, 0.5) is 5.69 Å². The zero-order valence-corrected chi connectivity index (χ0v) is 20.7. The van der Waals surface area contributed by atoms with Crippen LogP contribution in [0.5, 0.6) is 5.75 Å². The number of nitro groups is 1. The van der Waals surface area contributed by atoms with Crippen molar-refractivity contribution in [3.63, 3.8) is 0 Å². The highest BCUT2D eigenvalue weighted by Crippen LogP contribution is 2.42. The molecular weight excluding hydrogens is 515 g/mol. The number of aliphatic hydroxyl groups excluding tert-OH is 1. The summed E-state index contributed by atoms with van der Waals surface area (Å²) in [5, 5.41) is 42.6. The molecule has 0 aliphatic carbocycles. The fourth-order valence-corrected chi connectivity index (χ4v) is 4.59. The molecule has 3 rings (SSSR count). The van der Waals surface area contributed by atoms with Gasteiger partial charge in [-0.15, -0.1) is 0 Å². The van der Waals surface area contributed by atoms with E-state index in [0.717, 1.165) is 6.07 Å². The third-order valence-electron chi connectivity index (χ3n) is 5.76. The molecule has 2 aromatic carbocycles. The van der Waals surface area contributed by atoms with Crippen molar-refractivity contribution in [2.24, 2.45) is 0 Å². The number of hydrogen-bond acceptors (Lipinski definition) is 7. The van der Waals surface area contributed by atoms with E-state index in [9.17, 15) is 35.0 Å². The number of non-ortho nitro benzene ring substituents is 1. The molecule has 0 amide bonds. The maximum atomic E-state index is 12.3. The number of carboxylic acid groups (broad SMARTS) is 2. The van der Waals surface area contributed by atoms with Crippen LogP contribution in [0.15, 0.2) is 65.0 Å². The summed E-state index contributed by atoms with van der Waals surface area (Å²) in [7, 11) is 0. The van der Waals surface area contributed by atoms with Crippen LogP contribution in [0, 0.1) is 10.1 Å². The molecule has 2 aromatic rings. The van der Waals surface area contributed by atoms with Crippen LogP contribution in [0.3, 0.4) is 0 Å². The molecule has 0 saturated carbocycles. The van der Waals surface area contributed by atoms with Gasteiger partial charge in [-0.05, 0) is 37.6 Å². The topological polar surface area (TPSA) is 150 Å². The van der Waals surface area contributed by atoms with E-state index in [1.54, 1.807) is 6.07 Å². The summed E-state index contributed by atoms with van der Waals surface area (Å²) in [6, 6.07) is 9.77. The lowest BCUT2D eigenvalue weighted by Crippen LogP contribution is -2.39. The van der Waals surface area contributed by atoms with E-state index in [1.165, 1.54) is 49.1 Å². The molecule has 1 heterocycles. The van der Waals surface area contributed by atoms with Gasteiger partial charge in [0.1, 0.15) is 18.5 Å².